The van der Waals surface area contributed by atoms with Crippen LogP contribution >= 0.6 is 22.6 Å². The molecular weight excluding hydrogens is 223 g/mol. The third-order valence-electron chi connectivity index (χ3n) is 0.436. The number of carboxylic acid groups (broad SMARTS) is 1. The lowest BCUT2D eigenvalue weighted by molar-refractivity contribution is 0.0938. The highest BCUT2D eigenvalue weighted by atomic mass is 127. The monoisotopic (exact) mass is 230 g/mol. The lowest BCUT2D eigenvalue weighted by Crippen LogP contribution is -2.08. The highest BCUT2D eigenvalue weighted by Crippen LogP contribution is 1.97. The van der Waals surface area contributed by atoms with Gasteiger partial charge in [-0.25, -0.2) is 4.79 Å². The van der Waals surface area contributed by atoms with E-state index in [0.29, 0.717) is 0 Å². The van der Waals surface area contributed by atoms with Crippen molar-refractivity contribution in [3.05, 3.63) is 0 Å². The summed E-state index contributed by atoms with van der Waals surface area (Å²) in [4.78, 5) is 9.68. The van der Waals surface area contributed by atoms with Gasteiger partial charge in [0.1, 0.15) is 6.61 Å². The first kappa shape index (κ1) is 8.00. The molecule has 0 aromatic rings. The Labute approximate surface area is 61.2 Å². The molecule has 0 saturated carbocycles. The van der Waals surface area contributed by atoms with E-state index in [1.165, 1.54) is 0 Å². The number of rotatable bonds is 2. The van der Waals surface area contributed by atoms with Gasteiger partial charge in [-0.1, -0.05) is 29.5 Å². The Kier molecular flexibility index (Phi) is 3.94. The average molecular weight is 230 g/mol. The van der Waals surface area contributed by atoms with Gasteiger partial charge in [-0.2, -0.15) is 0 Å². The minimum Gasteiger partial charge on any atom is -0.450 e. The van der Waals surface area contributed by atoms with Crippen LogP contribution in [-0.2, 0) is 4.74 Å². The van der Waals surface area contributed by atoms with Gasteiger partial charge in [-0.05, 0) is 0 Å². The standard InChI is InChI=1S/C4H7IO3/c1-3(5)2-8-4(6)7/h3H,2H2,1H3,(H,6,7). The summed E-state index contributed by atoms with van der Waals surface area (Å²) in [7, 11) is 0. The predicted molar refractivity (Wildman–Crippen MR) is 37.5 cm³/mol. The smallest absolute Gasteiger partial charge is 0.450 e. The van der Waals surface area contributed by atoms with Crippen LogP contribution in [0.15, 0.2) is 0 Å². The maximum atomic E-state index is 9.68. The van der Waals surface area contributed by atoms with Crippen molar-refractivity contribution < 1.29 is 14.6 Å². The van der Waals surface area contributed by atoms with Crippen LogP contribution in [0.1, 0.15) is 6.92 Å². The normalized spacial score (nSPS) is 12.8. The second kappa shape index (κ2) is 3.94. The van der Waals surface area contributed by atoms with Crippen molar-refractivity contribution in [3.63, 3.8) is 0 Å². The lowest BCUT2D eigenvalue weighted by Gasteiger charge is -1.99. The fraction of sp³-hybridized carbons (Fsp3) is 0.750. The van der Waals surface area contributed by atoms with Gasteiger partial charge in [-0.3, -0.25) is 0 Å². The molecule has 3 nitrogen and oxygen atoms in total. The number of hydrogen-bond donors (Lipinski definition) is 1. The van der Waals surface area contributed by atoms with E-state index in [4.69, 9.17) is 5.11 Å². The zero-order valence-electron chi connectivity index (χ0n) is 4.43. The first-order chi connectivity index (χ1) is 3.63. The van der Waals surface area contributed by atoms with Crippen molar-refractivity contribution in [3.8, 4) is 0 Å². The Hall–Kier alpha value is 0. The molecule has 0 radical (unpaired) electrons. The van der Waals surface area contributed by atoms with E-state index in [-0.39, 0.29) is 10.5 Å². The maximum Gasteiger partial charge on any atom is 0.505 e. The van der Waals surface area contributed by atoms with Crippen LogP contribution in [0.5, 0.6) is 0 Å². The van der Waals surface area contributed by atoms with Gasteiger partial charge < -0.3 is 9.84 Å². The molecule has 0 saturated heterocycles. The van der Waals surface area contributed by atoms with Crippen molar-refractivity contribution >= 4 is 28.7 Å². The summed E-state index contributed by atoms with van der Waals surface area (Å²) >= 11 is 2.09. The van der Waals surface area contributed by atoms with E-state index in [1.54, 1.807) is 0 Å². The third kappa shape index (κ3) is 6.00. The number of halogens is 1. The van der Waals surface area contributed by atoms with E-state index in [0.717, 1.165) is 0 Å². The van der Waals surface area contributed by atoms with Crippen LogP contribution in [0.2, 0.25) is 0 Å². The molecule has 0 amide bonds. The molecule has 0 fully saturated rings. The van der Waals surface area contributed by atoms with Crippen LogP contribution in [0.4, 0.5) is 4.79 Å². The van der Waals surface area contributed by atoms with E-state index >= 15 is 0 Å². The molecule has 0 rings (SSSR count). The van der Waals surface area contributed by atoms with E-state index in [2.05, 4.69) is 27.3 Å². The molecule has 1 atom stereocenters. The molecular formula is C4H7IO3. The summed E-state index contributed by atoms with van der Waals surface area (Å²) < 4.78 is 4.47. The highest BCUT2D eigenvalue weighted by molar-refractivity contribution is 14.1. The summed E-state index contributed by atoms with van der Waals surface area (Å²) in [5.41, 5.74) is 0. The predicted octanol–water partition coefficient (Wildman–Crippen LogP) is 1.50. The largest absolute Gasteiger partial charge is 0.505 e. The van der Waals surface area contributed by atoms with Crippen molar-refractivity contribution in [2.45, 2.75) is 10.8 Å². The molecule has 0 aromatic carbocycles. The minimum absolute atomic E-state index is 0.253. The molecule has 0 aliphatic carbocycles. The van der Waals surface area contributed by atoms with Gasteiger partial charge in [0.05, 0.1) is 0 Å². The van der Waals surface area contributed by atoms with Crippen LogP contribution < -0.4 is 0 Å². The molecule has 4 heteroatoms. The Balaban J connectivity index is 3.05. The summed E-state index contributed by atoms with van der Waals surface area (Å²) in [6, 6.07) is 0. The Morgan fingerprint density at radius 3 is 2.62 bits per heavy atom. The third-order valence-corrected chi connectivity index (χ3v) is 0.796. The zero-order chi connectivity index (χ0) is 6.57. The van der Waals surface area contributed by atoms with Gasteiger partial charge in [0.25, 0.3) is 0 Å². The SMILES string of the molecule is CC(I)COC(=O)O. The molecule has 8 heavy (non-hydrogen) atoms. The molecule has 0 aliphatic rings. The van der Waals surface area contributed by atoms with E-state index in [1.807, 2.05) is 6.92 Å². The second-order valence-electron chi connectivity index (χ2n) is 1.36. The minimum atomic E-state index is -1.20. The first-order valence-electron chi connectivity index (χ1n) is 2.12. The summed E-state index contributed by atoms with van der Waals surface area (Å²) in [6.45, 7) is 2.15. The number of carbonyl (C=O) groups is 1. The Morgan fingerprint density at radius 2 is 2.50 bits per heavy atom. The Bertz CT molecular complexity index is 81.4. The van der Waals surface area contributed by atoms with Gasteiger partial charge in [0, 0.05) is 3.92 Å². The number of ether oxygens (including phenoxy) is 1. The average Bonchev–Trinajstić information content (AvgIpc) is 1.61. The van der Waals surface area contributed by atoms with Crippen LogP contribution in [0.3, 0.4) is 0 Å². The Morgan fingerprint density at radius 1 is 2.00 bits per heavy atom. The summed E-state index contributed by atoms with van der Waals surface area (Å²) in [5, 5.41) is 7.94. The molecule has 1 N–H and O–H groups in total. The van der Waals surface area contributed by atoms with Crippen molar-refractivity contribution in [1.29, 1.82) is 0 Å². The van der Waals surface area contributed by atoms with Gasteiger partial charge >= 0.3 is 6.16 Å². The highest BCUT2D eigenvalue weighted by Gasteiger charge is 1.98. The van der Waals surface area contributed by atoms with Crippen LogP contribution in [0.25, 0.3) is 0 Å². The van der Waals surface area contributed by atoms with Gasteiger partial charge in [0.2, 0.25) is 0 Å². The van der Waals surface area contributed by atoms with E-state index in [9.17, 15) is 4.79 Å². The fourth-order valence-electron chi connectivity index (χ4n) is 0.186. The van der Waals surface area contributed by atoms with Crippen molar-refractivity contribution in [1.82, 2.24) is 0 Å². The molecule has 48 valence electrons. The van der Waals surface area contributed by atoms with Gasteiger partial charge in [-0.15, -0.1) is 0 Å². The zero-order valence-corrected chi connectivity index (χ0v) is 6.58. The first-order valence-corrected chi connectivity index (χ1v) is 3.37. The van der Waals surface area contributed by atoms with Crippen LogP contribution in [-0.4, -0.2) is 21.8 Å². The van der Waals surface area contributed by atoms with Gasteiger partial charge in [0.15, 0.2) is 0 Å². The second-order valence-corrected chi connectivity index (χ2v) is 3.48. The summed E-state index contributed by atoms with van der Waals surface area (Å²) in [6.07, 6.45) is -1.20. The molecule has 0 aliphatic heterocycles. The van der Waals surface area contributed by atoms with Crippen molar-refractivity contribution in [2.24, 2.45) is 0 Å². The van der Waals surface area contributed by atoms with E-state index < -0.39 is 6.16 Å². The number of hydrogen-bond acceptors (Lipinski definition) is 2. The summed E-state index contributed by atoms with van der Waals surface area (Å²) in [5.74, 6) is 0. The topological polar surface area (TPSA) is 46.5 Å². The molecule has 0 spiro atoms. The lowest BCUT2D eigenvalue weighted by atomic mass is 10.5. The molecule has 0 bridgehead atoms. The fourth-order valence-corrected chi connectivity index (χ4v) is 0.366. The molecule has 0 heterocycles. The molecule has 1 unspecified atom stereocenters. The quantitative estimate of drug-likeness (QED) is 0.444. The van der Waals surface area contributed by atoms with Crippen LogP contribution in [0, 0.1) is 0 Å². The van der Waals surface area contributed by atoms with Crippen molar-refractivity contribution in [2.75, 3.05) is 6.61 Å². The maximum absolute atomic E-state index is 9.68. The number of alkyl halides is 1. The molecule has 0 aromatic heterocycles.